The monoisotopic (exact) mass is 429 g/mol. The van der Waals surface area contributed by atoms with Gasteiger partial charge in [0.15, 0.2) is 5.82 Å². The molecule has 0 saturated heterocycles. The second-order valence-electron chi connectivity index (χ2n) is 8.59. The van der Waals surface area contributed by atoms with Crippen LogP contribution in [0.3, 0.4) is 0 Å². The molecule has 0 radical (unpaired) electrons. The number of pyridine rings is 1. The van der Waals surface area contributed by atoms with Crippen LogP contribution < -0.4 is 5.32 Å². The number of rotatable bonds is 7. The summed E-state index contributed by atoms with van der Waals surface area (Å²) in [6, 6.07) is 12.4. The zero-order valence-electron chi connectivity index (χ0n) is 18.9. The number of aryl methyl sites for hydroxylation is 1. The van der Waals surface area contributed by atoms with E-state index in [9.17, 15) is 4.79 Å². The normalized spacial score (nSPS) is 14.5. The van der Waals surface area contributed by atoms with Gasteiger partial charge >= 0.3 is 0 Å². The van der Waals surface area contributed by atoms with Gasteiger partial charge in [-0.05, 0) is 38.9 Å². The summed E-state index contributed by atoms with van der Waals surface area (Å²) >= 11 is 0. The van der Waals surface area contributed by atoms with Gasteiger partial charge in [0.25, 0.3) is 5.91 Å². The number of nitrogens with zero attached hydrogens (tertiary/aromatic N) is 4. The van der Waals surface area contributed by atoms with Crippen molar-refractivity contribution in [2.24, 2.45) is 0 Å². The lowest BCUT2D eigenvalue weighted by atomic mass is 9.94. The van der Waals surface area contributed by atoms with E-state index in [1.165, 1.54) is 37.7 Å². The van der Waals surface area contributed by atoms with E-state index in [2.05, 4.69) is 27.2 Å². The van der Waals surface area contributed by atoms with Crippen molar-refractivity contribution in [3.63, 3.8) is 0 Å². The fraction of sp³-hybridized carbons (Fsp3) is 0.385. The minimum absolute atomic E-state index is 0.149. The highest BCUT2D eigenvalue weighted by Crippen LogP contribution is 2.25. The van der Waals surface area contributed by atoms with E-state index < -0.39 is 0 Å². The van der Waals surface area contributed by atoms with Gasteiger partial charge in [-0.2, -0.15) is 0 Å². The van der Waals surface area contributed by atoms with Crippen LogP contribution in [0.15, 0.2) is 55.0 Å². The van der Waals surface area contributed by atoms with E-state index in [-0.39, 0.29) is 5.91 Å². The maximum atomic E-state index is 13.1. The third kappa shape index (κ3) is 5.37. The lowest BCUT2D eigenvalue weighted by Gasteiger charge is -2.31. The van der Waals surface area contributed by atoms with Crippen molar-refractivity contribution in [3.05, 3.63) is 66.1 Å². The van der Waals surface area contributed by atoms with Crippen LogP contribution in [0, 0.1) is 6.92 Å². The predicted octanol–water partition coefficient (Wildman–Crippen LogP) is 4.51. The van der Waals surface area contributed by atoms with Gasteiger partial charge in [-0.15, -0.1) is 0 Å². The Morgan fingerprint density at radius 3 is 2.47 bits per heavy atom. The zero-order valence-corrected chi connectivity index (χ0v) is 18.9. The number of hydrogen-bond acceptors (Lipinski definition) is 5. The summed E-state index contributed by atoms with van der Waals surface area (Å²) in [7, 11) is 2.16. The molecule has 0 aliphatic heterocycles. The molecule has 1 aromatic carbocycles. The topological polar surface area (TPSA) is 71.0 Å². The van der Waals surface area contributed by atoms with E-state index in [1.54, 1.807) is 18.6 Å². The van der Waals surface area contributed by atoms with E-state index >= 15 is 0 Å². The molecular formula is C26H31N5O. The molecule has 1 saturated carbocycles. The molecule has 1 amide bonds. The maximum Gasteiger partial charge on any atom is 0.255 e. The molecule has 166 valence electrons. The van der Waals surface area contributed by atoms with Gasteiger partial charge in [0, 0.05) is 48.8 Å². The summed E-state index contributed by atoms with van der Waals surface area (Å²) in [6.45, 7) is 3.48. The summed E-state index contributed by atoms with van der Waals surface area (Å²) in [4.78, 5) is 28.8. The Kier molecular flexibility index (Phi) is 7.22. The SMILES string of the molecule is Cc1ccc(-c2ncc(C(=O)NCCN(C)C3CCCCC3)c(-c3ccncc3)n2)cc1. The number of hydrogen-bond donors (Lipinski definition) is 1. The highest BCUT2D eigenvalue weighted by Gasteiger charge is 2.19. The minimum Gasteiger partial charge on any atom is -0.351 e. The number of aromatic nitrogens is 3. The van der Waals surface area contributed by atoms with E-state index in [4.69, 9.17) is 4.98 Å². The van der Waals surface area contributed by atoms with E-state index in [0.29, 0.717) is 29.7 Å². The van der Waals surface area contributed by atoms with Crippen molar-refractivity contribution < 1.29 is 4.79 Å². The second-order valence-corrected chi connectivity index (χ2v) is 8.59. The Balaban J connectivity index is 1.51. The molecule has 0 spiro atoms. The fourth-order valence-corrected chi connectivity index (χ4v) is 4.26. The third-order valence-corrected chi connectivity index (χ3v) is 6.25. The highest BCUT2D eigenvalue weighted by molar-refractivity contribution is 5.99. The van der Waals surface area contributed by atoms with Crippen molar-refractivity contribution >= 4 is 5.91 Å². The first-order valence-corrected chi connectivity index (χ1v) is 11.4. The molecule has 32 heavy (non-hydrogen) atoms. The molecule has 0 bridgehead atoms. The Morgan fingerprint density at radius 1 is 1.03 bits per heavy atom. The molecule has 1 N–H and O–H groups in total. The van der Waals surface area contributed by atoms with Crippen LogP contribution in [0.1, 0.15) is 48.0 Å². The second kappa shape index (κ2) is 10.5. The molecule has 6 heteroatoms. The molecule has 0 unspecified atom stereocenters. The maximum absolute atomic E-state index is 13.1. The molecule has 3 aromatic rings. The van der Waals surface area contributed by atoms with Gasteiger partial charge in [-0.3, -0.25) is 9.78 Å². The molecule has 2 heterocycles. The van der Waals surface area contributed by atoms with Crippen molar-refractivity contribution in [1.82, 2.24) is 25.2 Å². The van der Waals surface area contributed by atoms with Crippen molar-refractivity contribution in [1.29, 1.82) is 0 Å². The Hall–Kier alpha value is -3.12. The average molecular weight is 430 g/mol. The number of likely N-dealkylation sites (N-methyl/N-ethyl adjacent to an activating group) is 1. The number of benzene rings is 1. The molecule has 1 aliphatic carbocycles. The number of amides is 1. The Labute approximate surface area is 190 Å². The summed E-state index contributed by atoms with van der Waals surface area (Å²) in [5.41, 5.74) is 4.05. The molecule has 2 aromatic heterocycles. The van der Waals surface area contributed by atoms with Crippen LogP contribution in [0.5, 0.6) is 0 Å². The molecule has 1 aliphatic rings. The molecule has 0 atom stereocenters. The largest absolute Gasteiger partial charge is 0.351 e. The first kappa shape index (κ1) is 22.1. The molecule has 1 fully saturated rings. The minimum atomic E-state index is -0.149. The van der Waals surface area contributed by atoms with Gasteiger partial charge in [0.05, 0.1) is 11.3 Å². The standard InChI is InChI=1S/C26H31N5O/c1-19-8-10-21(11-9-19)25-29-18-23(24(30-25)20-12-14-27-15-13-20)26(32)28-16-17-31(2)22-6-4-3-5-7-22/h8-15,18,22H,3-7,16-17H2,1-2H3,(H,28,32). The summed E-state index contributed by atoms with van der Waals surface area (Å²) in [6.07, 6.45) is 11.5. The predicted molar refractivity (Wildman–Crippen MR) is 127 cm³/mol. The lowest BCUT2D eigenvalue weighted by Crippen LogP contribution is -2.39. The smallest absolute Gasteiger partial charge is 0.255 e. The average Bonchev–Trinajstić information content (AvgIpc) is 2.85. The van der Waals surface area contributed by atoms with Crippen LogP contribution in [-0.4, -0.2) is 51.9 Å². The van der Waals surface area contributed by atoms with Gasteiger partial charge in [0.1, 0.15) is 0 Å². The summed E-state index contributed by atoms with van der Waals surface area (Å²) in [5.74, 6) is 0.453. The quantitative estimate of drug-likeness (QED) is 0.598. The third-order valence-electron chi connectivity index (χ3n) is 6.25. The zero-order chi connectivity index (χ0) is 22.3. The first-order chi connectivity index (χ1) is 15.6. The Morgan fingerprint density at radius 2 is 1.75 bits per heavy atom. The van der Waals surface area contributed by atoms with E-state index in [0.717, 1.165) is 17.7 Å². The van der Waals surface area contributed by atoms with Crippen molar-refractivity contribution in [3.8, 4) is 22.6 Å². The summed E-state index contributed by atoms with van der Waals surface area (Å²) < 4.78 is 0. The fourth-order valence-electron chi connectivity index (χ4n) is 4.26. The number of carbonyl (C=O) groups excluding carboxylic acids is 1. The lowest BCUT2D eigenvalue weighted by molar-refractivity contribution is 0.0944. The molecular weight excluding hydrogens is 398 g/mol. The van der Waals surface area contributed by atoms with Crippen molar-refractivity contribution in [2.75, 3.05) is 20.1 Å². The number of carbonyl (C=O) groups is 1. The first-order valence-electron chi connectivity index (χ1n) is 11.4. The number of nitrogens with one attached hydrogen (secondary N) is 1. The van der Waals surface area contributed by atoms with Gasteiger partial charge in [0.2, 0.25) is 0 Å². The van der Waals surface area contributed by atoms with Crippen LogP contribution in [0.25, 0.3) is 22.6 Å². The van der Waals surface area contributed by atoms with E-state index in [1.807, 2.05) is 43.3 Å². The van der Waals surface area contributed by atoms with Crippen LogP contribution in [0.2, 0.25) is 0 Å². The van der Waals surface area contributed by atoms with Gasteiger partial charge in [-0.1, -0.05) is 49.1 Å². The Bertz CT molecular complexity index is 1030. The van der Waals surface area contributed by atoms with Crippen LogP contribution in [-0.2, 0) is 0 Å². The molecule has 6 nitrogen and oxygen atoms in total. The van der Waals surface area contributed by atoms with Gasteiger partial charge in [-0.25, -0.2) is 9.97 Å². The summed E-state index contributed by atoms with van der Waals surface area (Å²) in [5, 5.41) is 3.07. The van der Waals surface area contributed by atoms with Crippen molar-refractivity contribution in [2.45, 2.75) is 45.1 Å². The van der Waals surface area contributed by atoms with Crippen LogP contribution in [0.4, 0.5) is 0 Å². The van der Waals surface area contributed by atoms with Gasteiger partial charge < -0.3 is 10.2 Å². The highest BCUT2D eigenvalue weighted by atomic mass is 16.1. The van der Waals surface area contributed by atoms with Crippen LogP contribution >= 0.6 is 0 Å². The molecule has 4 rings (SSSR count).